The van der Waals surface area contributed by atoms with Crippen molar-refractivity contribution in [1.82, 2.24) is 0 Å². The first kappa shape index (κ1) is 13.0. The molecule has 0 aliphatic heterocycles. The Morgan fingerprint density at radius 3 is 2.80 bits per heavy atom. The first-order valence-electron chi connectivity index (χ1n) is 4.96. The maximum Gasteiger partial charge on any atom is 0.0631 e. The van der Waals surface area contributed by atoms with Crippen LogP contribution in [0.5, 0.6) is 0 Å². The minimum Gasteiger partial charge on any atom is -0.392 e. The van der Waals surface area contributed by atoms with Gasteiger partial charge in [0.15, 0.2) is 0 Å². The third kappa shape index (κ3) is 4.15. The second kappa shape index (κ2) is 6.53. The molecule has 1 aromatic carbocycles. The van der Waals surface area contributed by atoms with E-state index >= 15 is 0 Å². The minimum atomic E-state index is -0.226. The van der Waals surface area contributed by atoms with Gasteiger partial charge >= 0.3 is 0 Å². The zero-order valence-corrected chi connectivity index (χ0v) is 11.1. The molecule has 0 amide bonds. The van der Waals surface area contributed by atoms with Crippen molar-refractivity contribution in [1.29, 1.82) is 0 Å². The van der Waals surface area contributed by atoms with E-state index in [4.69, 9.17) is 5.73 Å². The van der Waals surface area contributed by atoms with Crippen LogP contribution in [-0.4, -0.2) is 17.0 Å². The van der Waals surface area contributed by atoms with E-state index in [0.29, 0.717) is 6.54 Å². The average Bonchev–Trinajstić information content (AvgIpc) is 2.26. The summed E-state index contributed by atoms with van der Waals surface area (Å²) in [4.78, 5) is 1.15. The van der Waals surface area contributed by atoms with Crippen molar-refractivity contribution in [2.75, 3.05) is 5.75 Å². The molecule has 1 aromatic rings. The molecule has 15 heavy (non-hydrogen) atoms. The van der Waals surface area contributed by atoms with E-state index in [1.54, 1.807) is 11.8 Å². The van der Waals surface area contributed by atoms with E-state index in [2.05, 4.69) is 15.9 Å². The quantitative estimate of drug-likeness (QED) is 0.820. The van der Waals surface area contributed by atoms with Crippen molar-refractivity contribution in [3.63, 3.8) is 0 Å². The third-order valence-electron chi connectivity index (χ3n) is 2.13. The summed E-state index contributed by atoms with van der Waals surface area (Å²) < 4.78 is 1.05. The Morgan fingerprint density at radius 2 is 2.27 bits per heavy atom. The smallest absolute Gasteiger partial charge is 0.0631 e. The molecule has 1 rings (SSSR count). The lowest BCUT2D eigenvalue weighted by Gasteiger charge is -2.09. The van der Waals surface area contributed by atoms with Crippen LogP contribution in [0.25, 0.3) is 0 Å². The van der Waals surface area contributed by atoms with Gasteiger partial charge in [-0.1, -0.05) is 13.0 Å². The molecule has 0 fully saturated rings. The van der Waals surface area contributed by atoms with Crippen LogP contribution in [0.3, 0.4) is 0 Å². The van der Waals surface area contributed by atoms with E-state index in [1.165, 1.54) is 0 Å². The number of hydrogen-bond donors (Lipinski definition) is 2. The number of thioether (sulfide) groups is 1. The summed E-state index contributed by atoms with van der Waals surface area (Å²) in [6.45, 7) is 2.54. The number of nitrogens with two attached hydrogens (primary N) is 1. The zero-order chi connectivity index (χ0) is 11.3. The first-order valence-corrected chi connectivity index (χ1v) is 6.74. The Bertz CT molecular complexity index is 319. The van der Waals surface area contributed by atoms with Crippen molar-refractivity contribution < 1.29 is 5.11 Å². The van der Waals surface area contributed by atoms with Crippen LogP contribution in [0, 0.1) is 0 Å². The first-order chi connectivity index (χ1) is 7.17. The maximum absolute atomic E-state index is 9.45. The topological polar surface area (TPSA) is 46.2 Å². The second-order valence-electron chi connectivity index (χ2n) is 3.34. The molecule has 0 bridgehead atoms. The molecule has 0 aliphatic rings. The molecule has 0 aliphatic carbocycles. The maximum atomic E-state index is 9.45. The lowest BCUT2D eigenvalue weighted by molar-refractivity contribution is 0.195. The Morgan fingerprint density at radius 1 is 1.53 bits per heavy atom. The fraction of sp³-hybridized carbons (Fsp3) is 0.455. The number of aliphatic hydroxyl groups excluding tert-OH is 1. The molecule has 0 spiro atoms. The molecule has 1 unspecified atom stereocenters. The largest absolute Gasteiger partial charge is 0.392 e. The van der Waals surface area contributed by atoms with E-state index < -0.39 is 0 Å². The summed E-state index contributed by atoms with van der Waals surface area (Å²) in [5.41, 5.74) is 6.66. The highest BCUT2D eigenvalue weighted by Gasteiger charge is 2.05. The van der Waals surface area contributed by atoms with Gasteiger partial charge in [-0.05, 0) is 40.0 Å². The lowest BCUT2D eigenvalue weighted by Crippen LogP contribution is -2.07. The van der Waals surface area contributed by atoms with Crippen molar-refractivity contribution in [3.05, 3.63) is 28.2 Å². The van der Waals surface area contributed by atoms with E-state index in [9.17, 15) is 5.11 Å². The van der Waals surface area contributed by atoms with Crippen LogP contribution in [-0.2, 0) is 6.54 Å². The summed E-state index contributed by atoms with van der Waals surface area (Å²) in [5, 5.41) is 9.45. The summed E-state index contributed by atoms with van der Waals surface area (Å²) in [6, 6.07) is 6.09. The van der Waals surface area contributed by atoms with Crippen LogP contribution in [0.15, 0.2) is 27.6 Å². The number of aliphatic hydroxyl groups is 1. The van der Waals surface area contributed by atoms with Gasteiger partial charge in [0.1, 0.15) is 0 Å². The van der Waals surface area contributed by atoms with Crippen LogP contribution >= 0.6 is 27.7 Å². The molecule has 0 radical (unpaired) electrons. The SMILES string of the molecule is CCC(O)CSc1ccc(CN)cc1Br. The Kier molecular flexibility index (Phi) is 5.68. The summed E-state index contributed by atoms with van der Waals surface area (Å²) >= 11 is 5.16. The highest BCUT2D eigenvalue weighted by atomic mass is 79.9. The Balaban J connectivity index is 2.62. The van der Waals surface area contributed by atoms with Gasteiger partial charge < -0.3 is 10.8 Å². The number of rotatable bonds is 5. The molecule has 4 heteroatoms. The predicted octanol–water partition coefficient (Wildman–Crippen LogP) is 2.77. The van der Waals surface area contributed by atoms with Crippen LogP contribution < -0.4 is 5.73 Å². The van der Waals surface area contributed by atoms with Crippen molar-refractivity contribution >= 4 is 27.7 Å². The molecule has 84 valence electrons. The highest BCUT2D eigenvalue weighted by molar-refractivity contribution is 9.10. The molecular formula is C11H16BrNOS. The van der Waals surface area contributed by atoms with Gasteiger partial charge in [0, 0.05) is 21.7 Å². The Labute approximate surface area is 103 Å². The minimum absolute atomic E-state index is 0.226. The predicted molar refractivity (Wildman–Crippen MR) is 69.1 cm³/mol. The third-order valence-corrected chi connectivity index (χ3v) is 4.27. The number of benzene rings is 1. The van der Waals surface area contributed by atoms with E-state index in [-0.39, 0.29) is 6.10 Å². The zero-order valence-electron chi connectivity index (χ0n) is 8.74. The average molecular weight is 290 g/mol. The lowest BCUT2D eigenvalue weighted by atomic mass is 10.2. The van der Waals surface area contributed by atoms with Crippen LogP contribution in [0.2, 0.25) is 0 Å². The fourth-order valence-corrected chi connectivity index (χ4v) is 2.83. The molecule has 2 nitrogen and oxygen atoms in total. The molecular weight excluding hydrogens is 274 g/mol. The number of halogens is 1. The monoisotopic (exact) mass is 289 g/mol. The summed E-state index contributed by atoms with van der Waals surface area (Å²) in [5.74, 6) is 0.733. The molecule has 3 N–H and O–H groups in total. The van der Waals surface area contributed by atoms with Crippen LogP contribution in [0.4, 0.5) is 0 Å². The van der Waals surface area contributed by atoms with Crippen LogP contribution in [0.1, 0.15) is 18.9 Å². The molecule has 0 aromatic heterocycles. The summed E-state index contributed by atoms with van der Waals surface area (Å²) in [6.07, 6.45) is 0.571. The van der Waals surface area contributed by atoms with Gasteiger partial charge in [-0.25, -0.2) is 0 Å². The highest BCUT2D eigenvalue weighted by Crippen LogP contribution is 2.29. The Hall–Kier alpha value is -0.0300. The molecule has 1 atom stereocenters. The van der Waals surface area contributed by atoms with Gasteiger partial charge in [-0.3, -0.25) is 0 Å². The van der Waals surface area contributed by atoms with Gasteiger partial charge in [0.2, 0.25) is 0 Å². The molecule has 0 saturated carbocycles. The van der Waals surface area contributed by atoms with Crippen molar-refractivity contribution in [2.45, 2.75) is 30.9 Å². The second-order valence-corrected chi connectivity index (χ2v) is 5.26. The normalized spacial score (nSPS) is 12.8. The summed E-state index contributed by atoms with van der Waals surface area (Å²) in [7, 11) is 0. The van der Waals surface area contributed by atoms with E-state index in [0.717, 1.165) is 27.1 Å². The van der Waals surface area contributed by atoms with Crippen molar-refractivity contribution in [2.24, 2.45) is 5.73 Å². The standard InChI is InChI=1S/C11H16BrNOS/c1-2-9(14)7-15-11-4-3-8(6-13)5-10(11)12/h3-5,9,14H,2,6-7,13H2,1H3. The van der Waals surface area contributed by atoms with E-state index in [1.807, 2.05) is 25.1 Å². The fourth-order valence-electron chi connectivity index (χ4n) is 1.09. The molecule has 0 heterocycles. The van der Waals surface area contributed by atoms with Gasteiger partial charge in [0.05, 0.1) is 6.10 Å². The van der Waals surface area contributed by atoms with Gasteiger partial charge in [-0.15, -0.1) is 11.8 Å². The number of hydrogen-bond acceptors (Lipinski definition) is 3. The van der Waals surface area contributed by atoms with Gasteiger partial charge in [-0.2, -0.15) is 0 Å². The van der Waals surface area contributed by atoms with Crippen molar-refractivity contribution in [3.8, 4) is 0 Å². The van der Waals surface area contributed by atoms with Gasteiger partial charge in [0.25, 0.3) is 0 Å². The molecule has 0 saturated heterocycles.